The van der Waals surface area contributed by atoms with E-state index >= 15 is 0 Å². The molecule has 62 heavy (non-hydrogen) atoms. The van der Waals surface area contributed by atoms with Crippen LogP contribution < -0.4 is 88.7 Å². The summed E-state index contributed by atoms with van der Waals surface area (Å²) in [5, 5.41) is 20.9. The number of aliphatic hydroxyl groups excluding tert-OH is 3. The average molecular weight is 1000 g/mol. The molecule has 0 aromatic carbocycles. The molecule has 5 N–H and O–H groups in total. The second-order valence-corrected chi connectivity index (χ2v) is 20.9. The molecule has 0 aromatic heterocycles. The smallest absolute Gasteiger partial charge is 0.870 e. The maximum atomic E-state index is 13.2. The maximum absolute atomic E-state index is 13.2. The summed E-state index contributed by atoms with van der Waals surface area (Å²) < 4.78 is 171. The van der Waals surface area contributed by atoms with Gasteiger partial charge in [-0.3, -0.25) is 0 Å². The predicted molar refractivity (Wildman–Crippen MR) is 177 cm³/mol. The van der Waals surface area contributed by atoms with Crippen molar-refractivity contribution in [1.82, 2.24) is 0 Å². The molecule has 8 aliphatic carbocycles. The number of methoxy groups -OCH3 is 1. The molecule has 0 amide bonds. The van der Waals surface area contributed by atoms with E-state index < -0.39 is 69.5 Å². The van der Waals surface area contributed by atoms with Gasteiger partial charge in [-0.05, 0) is 117 Å². The zero-order chi connectivity index (χ0) is 44.8. The van der Waals surface area contributed by atoms with E-state index in [0.29, 0.717) is 51.4 Å². The van der Waals surface area contributed by atoms with Crippen molar-refractivity contribution in [3.05, 3.63) is 0 Å². The number of esters is 2. The Balaban J connectivity index is 0. The Morgan fingerprint density at radius 2 is 0.887 bits per heavy atom. The first-order chi connectivity index (χ1) is 26.1. The van der Waals surface area contributed by atoms with Gasteiger partial charge in [-0.15, -0.1) is 0 Å². The van der Waals surface area contributed by atoms with Crippen molar-refractivity contribution in [1.29, 1.82) is 0 Å². The molecule has 0 heterocycles. The number of hydrogen-bond donors (Lipinski definition) is 4. The van der Waals surface area contributed by atoms with Crippen LogP contribution in [0.15, 0.2) is 0 Å². The molecule has 0 aliphatic heterocycles. The fraction of sp³-hybridized carbons (Fsp3) is 0.903. The Labute approximate surface area is 419 Å². The molecular formula is C31H44F7Na3O18S3. The third-order valence-corrected chi connectivity index (χ3v) is 14.3. The van der Waals surface area contributed by atoms with Gasteiger partial charge in [0.05, 0.1) is 13.7 Å². The molecule has 2 unspecified atom stereocenters. The first-order valence-electron chi connectivity index (χ1n) is 17.4. The maximum Gasteiger partial charge on any atom is 1.00 e. The Morgan fingerprint density at radius 3 is 1.10 bits per heavy atom. The minimum atomic E-state index is -6.22. The first-order valence-corrected chi connectivity index (χ1v) is 21.6. The number of alkyl halides is 6. The molecule has 8 rings (SSSR count). The van der Waals surface area contributed by atoms with Gasteiger partial charge in [0, 0.05) is 25.2 Å². The molecule has 346 valence electrons. The van der Waals surface area contributed by atoms with Gasteiger partial charge in [0.15, 0.2) is 20.2 Å². The molecule has 2 atom stereocenters. The van der Waals surface area contributed by atoms with E-state index in [9.17, 15) is 94.3 Å². The van der Waals surface area contributed by atoms with E-state index in [1.807, 2.05) is 0 Å². The summed E-state index contributed by atoms with van der Waals surface area (Å²) in [6.45, 7) is 0.385. The summed E-state index contributed by atoms with van der Waals surface area (Å²) in [5.74, 6) is -5.38. The van der Waals surface area contributed by atoms with Crippen LogP contribution in [0.4, 0.5) is 30.2 Å². The van der Waals surface area contributed by atoms with Gasteiger partial charge in [0.1, 0.15) is 0 Å². The van der Waals surface area contributed by atoms with Gasteiger partial charge in [-0.2, -0.15) is 34.8 Å². The quantitative estimate of drug-likeness (QED) is 0.0491. The van der Waals surface area contributed by atoms with Crippen molar-refractivity contribution in [2.45, 2.75) is 92.8 Å². The number of halogens is 7. The summed E-state index contributed by atoms with van der Waals surface area (Å²) in [6.07, 6.45) is 12.2. The van der Waals surface area contributed by atoms with Crippen LogP contribution in [0.2, 0.25) is 0 Å². The van der Waals surface area contributed by atoms with Crippen molar-refractivity contribution < 1.29 is 203 Å². The Morgan fingerprint density at radius 1 is 0.597 bits per heavy atom. The molecule has 31 heteroatoms. The van der Waals surface area contributed by atoms with Crippen molar-refractivity contribution >= 4 is 48.4 Å². The van der Waals surface area contributed by atoms with Gasteiger partial charge in [0.25, 0.3) is 0 Å². The first kappa shape index (κ1) is 64.6. The molecule has 0 radical (unpaired) electrons. The largest absolute Gasteiger partial charge is 1.00 e. The SMILES string of the molecule is COC(=O)C(F)(F)S(=O)(=O)F.O=C(O)C(F)(F)S(=O)(=O)[O-].O=C(OCC12CC3CC(CC(CO)(C3)C1)C2)C(F)(F)S(=O)(=O)[O-].OCC12CC3CC(C1)CC(CO)(C3)C2.[Na+].[Na+].[Na+].[OH-]. The van der Waals surface area contributed by atoms with Crippen LogP contribution in [0.3, 0.4) is 0 Å². The number of aliphatic carboxylic acids is 1. The number of ether oxygens (including phenoxy) is 2. The average Bonchev–Trinajstić information content (AvgIpc) is 3.08. The Hall–Kier alpha value is 0.530. The van der Waals surface area contributed by atoms with Gasteiger partial charge in [0.2, 0.25) is 0 Å². The zero-order valence-electron chi connectivity index (χ0n) is 34.0. The van der Waals surface area contributed by atoms with Crippen LogP contribution in [0.5, 0.6) is 0 Å². The minimum absolute atomic E-state index is 0. The normalized spacial score (nSPS) is 31.5. The number of carbonyl (C=O) groups excluding carboxylic acids is 2. The number of aliphatic hydroxyl groups is 3. The fourth-order valence-electron chi connectivity index (χ4n) is 10.8. The molecule has 0 spiro atoms. The van der Waals surface area contributed by atoms with Crippen LogP contribution in [-0.4, -0.2) is 127 Å². The van der Waals surface area contributed by atoms with Crippen LogP contribution >= 0.6 is 0 Å². The molecule has 8 saturated carbocycles. The number of rotatable bonds is 11. The van der Waals surface area contributed by atoms with E-state index in [1.54, 1.807) is 0 Å². The second-order valence-electron chi connectivity index (χ2n) is 16.7. The third kappa shape index (κ3) is 14.3. The van der Waals surface area contributed by atoms with Gasteiger partial charge < -0.3 is 44.5 Å². The topological polar surface area (TPSA) is 329 Å². The molecular weight excluding hydrogens is 958 g/mol. The summed E-state index contributed by atoms with van der Waals surface area (Å²) in [6, 6.07) is 0. The van der Waals surface area contributed by atoms with Crippen molar-refractivity contribution in [2.24, 2.45) is 45.3 Å². The predicted octanol–water partition coefficient (Wildman–Crippen LogP) is -7.10. The number of carbonyl (C=O) groups is 3. The van der Waals surface area contributed by atoms with E-state index in [1.165, 1.54) is 32.1 Å². The van der Waals surface area contributed by atoms with E-state index in [2.05, 4.69) is 9.47 Å². The summed E-state index contributed by atoms with van der Waals surface area (Å²) in [4.78, 5) is 30.6. The molecule has 0 aromatic rings. The fourth-order valence-corrected chi connectivity index (χ4v) is 11.5. The molecule has 0 saturated heterocycles. The van der Waals surface area contributed by atoms with Crippen LogP contribution in [-0.2, 0) is 54.3 Å². The van der Waals surface area contributed by atoms with Gasteiger partial charge in [-0.1, -0.05) is 3.89 Å². The molecule has 8 fully saturated rings. The molecule has 8 bridgehead atoms. The monoisotopic (exact) mass is 1000 g/mol. The number of carboxylic acids is 1. The van der Waals surface area contributed by atoms with Crippen molar-refractivity contribution in [3.63, 3.8) is 0 Å². The zero-order valence-corrected chi connectivity index (χ0v) is 42.5. The summed E-state index contributed by atoms with van der Waals surface area (Å²) in [7, 11) is -17.9. The Bertz CT molecular complexity index is 1860. The van der Waals surface area contributed by atoms with E-state index in [4.69, 9.17) is 5.11 Å². The van der Waals surface area contributed by atoms with Crippen LogP contribution in [0.1, 0.15) is 77.0 Å². The number of carboxylic acid groups (broad SMARTS) is 1. The van der Waals surface area contributed by atoms with E-state index in [-0.39, 0.29) is 124 Å². The van der Waals surface area contributed by atoms with Crippen molar-refractivity contribution in [3.8, 4) is 0 Å². The standard InChI is InChI=1S/C14H20F2O6S.C12H20O2.C3H3F3O4S.C2H2F2O5S.3Na.H2O/c15-14(16,23(19,20)21)11(18)22-8-13-4-9-1-10(5-13)3-12(2-9,6-13)7-17;13-7-11-2-9-1-10(4-11)5-12(3-9,6-11)8-14;1-10-2(7)3(4,5)11(6,8)9;3-2(4,1(5)6)10(7,8)9;;;;/h9-10,17H,1-8H2,(H,19,20,21);9-10,13-14H,1-8H2;1H3;(H,5,6)(H,7,8,9);;;;1H2/q;;;;3*+1;/p-3. The molecule has 8 aliphatic rings. The van der Waals surface area contributed by atoms with Crippen LogP contribution in [0.25, 0.3) is 0 Å². The Kier molecular flexibility index (Phi) is 23.7. The van der Waals surface area contributed by atoms with Crippen LogP contribution in [0, 0.1) is 45.3 Å². The van der Waals surface area contributed by atoms with E-state index in [0.717, 1.165) is 37.5 Å². The summed E-state index contributed by atoms with van der Waals surface area (Å²) >= 11 is 0. The van der Waals surface area contributed by atoms with Gasteiger partial charge >= 0.3 is 133 Å². The minimum Gasteiger partial charge on any atom is -0.870 e. The third-order valence-electron chi connectivity index (χ3n) is 12.0. The second kappa shape index (κ2) is 22.8. The summed E-state index contributed by atoms with van der Waals surface area (Å²) in [5.41, 5.74) is -0.339. The number of hydrogen-bond acceptors (Lipinski definition) is 17. The molecule has 18 nitrogen and oxygen atoms in total. The van der Waals surface area contributed by atoms with Crippen molar-refractivity contribution in [2.75, 3.05) is 33.5 Å². The van der Waals surface area contributed by atoms with Gasteiger partial charge in [-0.25, -0.2) is 31.2 Å².